The van der Waals surface area contributed by atoms with Gasteiger partial charge in [-0.25, -0.2) is 0 Å². The molecule has 0 aromatic heterocycles. The number of nitrogens with zero attached hydrogens (tertiary/aromatic N) is 1. The Morgan fingerprint density at radius 3 is 2.67 bits per heavy atom. The van der Waals surface area contributed by atoms with E-state index < -0.39 is 0 Å². The molecule has 98 valence electrons. The summed E-state index contributed by atoms with van der Waals surface area (Å²) in [4.78, 5) is 2.35. The Kier molecular flexibility index (Phi) is 3.81. The van der Waals surface area contributed by atoms with E-state index in [9.17, 15) is 0 Å². The first kappa shape index (κ1) is 13.2. The first-order valence-corrected chi connectivity index (χ1v) is 6.77. The predicted molar refractivity (Wildman–Crippen MR) is 77.7 cm³/mol. The summed E-state index contributed by atoms with van der Waals surface area (Å²) < 4.78 is 0. The smallest absolute Gasteiger partial charge is 0.124 e. The zero-order valence-electron chi connectivity index (χ0n) is 10.9. The Hall–Kier alpha value is -1.22. The summed E-state index contributed by atoms with van der Waals surface area (Å²) in [5, 5.41) is 8.39. The van der Waals surface area contributed by atoms with Crippen molar-refractivity contribution in [1.29, 1.82) is 5.41 Å². The molecule has 0 unspecified atom stereocenters. The monoisotopic (exact) mass is 265 g/mol. The topological polar surface area (TPSA) is 53.1 Å². The van der Waals surface area contributed by atoms with Crippen molar-refractivity contribution in [3.05, 3.63) is 28.8 Å². The van der Waals surface area contributed by atoms with Crippen molar-refractivity contribution in [1.82, 2.24) is 0 Å². The van der Waals surface area contributed by atoms with Gasteiger partial charge in [0, 0.05) is 28.9 Å². The molecule has 2 rings (SSSR count). The van der Waals surface area contributed by atoms with E-state index in [0.29, 0.717) is 17.0 Å². The maximum absolute atomic E-state index is 7.69. The fourth-order valence-corrected chi connectivity index (χ4v) is 2.36. The van der Waals surface area contributed by atoms with Crippen LogP contribution in [0, 0.1) is 11.3 Å². The highest BCUT2D eigenvalue weighted by Gasteiger charge is 2.31. The molecule has 18 heavy (non-hydrogen) atoms. The molecule has 1 aliphatic rings. The van der Waals surface area contributed by atoms with E-state index in [2.05, 4.69) is 18.7 Å². The molecule has 1 fully saturated rings. The number of hydrogen-bond donors (Lipinski definition) is 2. The highest BCUT2D eigenvalue weighted by Crippen LogP contribution is 2.35. The normalized spacial score (nSPS) is 14.9. The van der Waals surface area contributed by atoms with Gasteiger partial charge in [0.25, 0.3) is 0 Å². The van der Waals surface area contributed by atoms with Crippen molar-refractivity contribution in [3.63, 3.8) is 0 Å². The molecule has 0 radical (unpaired) electrons. The summed E-state index contributed by atoms with van der Waals surface area (Å²) in [5.41, 5.74) is 7.46. The Bertz CT molecular complexity index is 452. The van der Waals surface area contributed by atoms with Crippen LogP contribution in [0.15, 0.2) is 18.2 Å². The quantitative estimate of drug-likeness (QED) is 0.634. The summed E-state index contributed by atoms with van der Waals surface area (Å²) >= 11 is 6.09. The third-order valence-corrected chi connectivity index (χ3v) is 3.34. The largest absolute Gasteiger partial charge is 0.384 e. The van der Waals surface area contributed by atoms with Crippen molar-refractivity contribution in [2.24, 2.45) is 11.7 Å². The first-order chi connectivity index (χ1) is 8.49. The molecule has 0 saturated heterocycles. The van der Waals surface area contributed by atoms with Gasteiger partial charge in [-0.15, -0.1) is 0 Å². The maximum Gasteiger partial charge on any atom is 0.124 e. The van der Waals surface area contributed by atoms with Gasteiger partial charge in [-0.05, 0) is 37.0 Å². The van der Waals surface area contributed by atoms with Crippen LogP contribution in [0.2, 0.25) is 5.02 Å². The Morgan fingerprint density at radius 2 is 2.17 bits per heavy atom. The third-order valence-electron chi connectivity index (χ3n) is 3.11. The number of nitrogens with two attached hydrogens (primary N) is 1. The number of nitrogen functional groups attached to an aromatic ring is 1. The minimum Gasteiger partial charge on any atom is -0.384 e. The van der Waals surface area contributed by atoms with E-state index in [0.717, 1.165) is 17.8 Å². The fourth-order valence-electron chi connectivity index (χ4n) is 2.19. The number of amidine groups is 1. The van der Waals surface area contributed by atoms with Gasteiger partial charge in [0.2, 0.25) is 0 Å². The fraction of sp³-hybridized carbons (Fsp3) is 0.500. The van der Waals surface area contributed by atoms with Crippen LogP contribution in [0.5, 0.6) is 0 Å². The lowest BCUT2D eigenvalue weighted by Crippen LogP contribution is -2.32. The zero-order chi connectivity index (χ0) is 13.3. The molecule has 0 heterocycles. The number of hydrogen-bond acceptors (Lipinski definition) is 2. The van der Waals surface area contributed by atoms with Crippen molar-refractivity contribution < 1.29 is 0 Å². The van der Waals surface area contributed by atoms with Gasteiger partial charge in [0.15, 0.2) is 0 Å². The van der Waals surface area contributed by atoms with E-state index in [1.54, 1.807) is 6.07 Å². The summed E-state index contributed by atoms with van der Waals surface area (Å²) in [5.74, 6) is 0.681. The van der Waals surface area contributed by atoms with Crippen LogP contribution < -0.4 is 10.6 Å². The number of nitrogens with one attached hydrogen (secondary N) is 1. The van der Waals surface area contributed by atoms with Crippen molar-refractivity contribution in [2.45, 2.75) is 32.7 Å². The SMILES string of the molecule is CC(C)CN(c1cc(Cl)ccc1C(=N)N)C1CC1. The van der Waals surface area contributed by atoms with Crippen LogP contribution in [0.3, 0.4) is 0 Å². The van der Waals surface area contributed by atoms with Crippen molar-refractivity contribution in [3.8, 4) is 0 Å². The molecule has 1 aromatic rings. The van der Waals surface area contributed by atoms with Gasteiger partial charge in [-0.3, -0.25) is 5.41 Å². The second kappa shape index (κ2) is 5.19. The van der Waals surface area contributed by atoms with Gasteiger partial charge in [0.1, 0.15) is 5.84 Å². The molecule has 0 aliphatic heterocycles. The van der Waals surface area contributed by atoms with Crippen LogP contribution in [0.25, 0.3) is 0 Å². The second-order valence-electron chi connectivity index (χ2n) is 5.35. The predicted octanol–water partition coefficient (Wildman–Crippen LogP) is 3.25. The summed E-state index contributed by atoms with van der Waals surface area (Å²) in [6.07, 6.45) is 2.44. The number of halogens is 1. The van der Waals surface area contributed by atoms with E-state index in [1.165, 1.54) is 12.8 Å². The molecule has 1 aliphatic carbocycles. The third kappa shape index (κ3) is 2.96. The molecule has 1 aromatic carbocycles. The van der Waals surface area contributed by atoms with Crippen LogP contribution in [0.4, 0.5) is 5.69 Å². The summed E-state index contributed by atoms with van der Waals surface area (Å²) in [6, 6.07) is 6.15. The zero-order valence-corrected chi connectivity index (χ0v) is 11.7. The lowest BCUT2D eigenvalue weighted by atomic mass is 10.1. The standard InChI is InChI=1S/C14H20ClN3/c1-9(2)8-18(11-4-5-11)13-7-10(15)3-6-12(13)14(16)17/h3,6-7,9,11H,4-5,8H2,1-2H3,(H3,16,17). The van der Waals surface area contributed by atoms with Gasteiger partial charge >= 0.3 is 0 Å². The molecular formula is C14H20ClN3. The van der Waals surface area contributed by atoms with Crippen molar-refractivity contribution >= 4 is 23.1 Å². The van der Waals surface area contributed by atoms with Crippen LogP contribution in [0.1, 0.15) is 32.3 Å². The molecule has 0 spiro atoms. The lowest BCUT2D eigenvalue weighted by molar-refractivity contribution is 0.607. The number of anilines is 1. The average molecular weight is 266 g/mol. The lowest BCUT2D eigenvalue weighted by Gasteiger charge is -2.28. The molecule has 0 atom stereocenters. The van der Waals surface area contributed by atoms with Crippen LogP contribution in [-0.4, -0.2) is 18.4 Å². The minimum atomic E-state index is 0.107. The summed E-state index contributed by atoms with van der Waals surface area (Å²) in [7, 11) is 0. The Morgan fingerprint density at radius 1 is 1.50 bits per heavy atom. The van der Waals surface area contributed by atoms with Gasteiger partial charge in [-0.2, -0.15) is 0 Å². The minimum absolute atomic E-state index is 0.107. The van der Waals surface area contributed by atoms with E-state index in [-0.39, 0.29) is 5.84 Å². The maximum atomic E-state index is 7.69. The van der Waals surface area contributed by atoms with E-state index >= 15 is 0 Å². The molecular weight excluding hydrogens is 246 g/mol. The highest BCUT2D eigenvalue weighted by molar-refractivity contribution is 6.31. The molecule has 3 nitrogen and oxygen atoms in total. The molecule has 1 saturated carbocycles. The number of benzene rings is 1. The van der Waals surface area contributed by atoms with Gasteiger partial charge in [-0.1, -0.05) is 25.4 Å². The van der Waals surface area contributed by atoms with Crippen molar-refractivity contribution in [2.75, 3.05) is 11.4 Å². The Balaban J connectivity index is 2.38. The Labute approximate surface area is 113 Å². The van der Waals surface area contributed by atoms with E-state index in [1.807, 2.05) is 12.1 Å². The van der Waals surface area contributed by atoms with Crippen LogP contribution >= 0.6 is 11.6 Å². The van der Waals surface area contributed by atoms with Gasteiger partial charge in [0.05, 0.1) is 0 Å². The highest BCUT2D eigenvalue weighted by atomic mass is 35.5. The van der Waals surface area contributed by atoms with E-state index in [4.69, 9.17) is 22.7 Å². The van der Waals surface area contributed by atoms with Crippen LogP contribution in [-0.2, 0) is 0 Å². The number of rotatable bonds is 5. The van der Waals surface area contributed by atoms with Gasteiger partial charge < -0.3 is 10.6 Å². The molecule has 3 N–H and O–H groups in total. The molecule has 0 bridgehead atoms. The summed E-state index contributed by atoms with van der Waals surface area (Å²) in [6.45, 7) is 5.38. The first-order valence-electron chi connectivity index (χ1n) is 6.39. The second-order valence-corrected chi connectivity index (χ2v) is 5.79. The average Bonchev–Trinajstić information content (AvgIpc) is 3.08. The molecule has 4 heteroatoms. The molecule has 0 amide bonds.